The molecule has 130 valence electrons. The van der Waals surface area contributed by atoms with Crippen molar-refractivity contribution in [3.63, 3.8) is 0 Å². The molecule has 0 bridgehead atoms. The molecule has 2 heterocycles. The third kappa shape index (κ3) is 2.84. The Balaban J connectivity index is 2.16. The quantitative estimate of drug-likeness (QED) is 0.916. The number of ketones is 1. The lowest BCUT2D eigenvalue weighted by atomic mass is 9.83. The molecule has 0 radical (unpaired) electrons. The molecule has 2 aromatic rings. The Morgan fingerprint density at radius 1 is 1.20 bits per heavy atom. The molecule has 0 saturated carbocycles. The Bertz CT molecular complexity index is 845. The van der Waals surface area contributed by atoms with Gasteiger partial charge in [0.1, 0.15) is 17.6 Å². The fourth-order valence-electron chi connectivity index (χ4n) is 2.83. The molecule has 1 aromatic heterocycles. The van der Waals surface area contributed by atoms with Gasteiger partial charge in [-0.25, -0.2) is 4.39 Å². The second-order valence-electron chi connectivity index (χ2n) is 6.91. The van der Waals surface area contributed by atoms with Crippen molar-refractivity contribution >= 4 is 17.4 Å². The molecule has 0 spiro atoms. The molecule has 5 nitrogen and oxygen atoms in total. The Morgan fingerprint density at radius 3 is 2.36 bits per heavy atom. The maximum absolute atomic E-state index is 13.2. The maximum Gasteiger partial charge on any atom is 0.294 e. The average molecular weight is 343 g/mol. The van der Waals surface area contributed by atoms with Crippen molar-refractivity contribution in [3.8, 4) is 0 Å². The molecule has 1 amide bonds. The first-order valence-electron chi connectivity index (χ1n) is 7.82. The van der Waals surface area contributed by atoms with Crippen LogP contribution >= 0.6 is 0 Å². The summed E-state index contributed by atoms with van der Waals surface area (Å²) in [5.41, 5.74) is -0.458. The normalized spacial score (nSPS) is 18.2. The van der Waals surface area contributed by atoms with Crippen molar-refractivity contribution < 1.29 is 23.5 Å². The summed E-state index contributed by atoms with van der Waals surface area (Å²) in [4.78, 5) is 26.8. The van der Waals surface area contributed by atoms with E-state index in [4.69, 9.17) is 4.42 Å². The van der Waals surface area contributed by atoms with Gasteiger partial charge in [0, 0.05) is 11.1 Å². The number of nitrogens with zero attached hydrogens (tertiary/aromatic N) is 1. The van der Waals surface area contributed by atoms with Crippen molar-refractivity contribution in [2.24, 2.45) is 5.41 Å². The standard InChI is InChI=1S/C19H18FNO4/c1-19(2,3)17(23)14-15(13-5-4-10-25-13)21(18(24)16(14)22)12-8-6-11(20)7-9-12/h4-10,15,22H,1-3H3. The lowest BCUT2D eigenvalue weighted by Gasteiger charge is -2.27. The first kappa shape index (κ1) is 17.0. The summed E-state index contributed by atoms with van der Waals surface area (Å²) in [6.07, 6.45) is 1.43. The molecule has 0 fully saturated rings. The molecule has 3 rings (SSSR count). The second kappa shape index (κ2) is 5.88. The SMILES string of the molecule is CC(C)(C)C(=O)C1=C(O)C(=O)N(c2ccc(F)cc2)C1c1ccco1. The van der Waals surface area contributed by atoms with Crippen LogP contribution in [0.3, 0.4) is 0 Å². The molecule has 1 atom stereocenters. The van der Waals surface area contributed by atoms with Gasteiger partial charge in [-0.15, -0.1) is 0 Å². The van der Waals surface area contributed by atoms with Crippen LogP contribution in [0.25, 0.3) is 0 Å². The number of amides is 1. The summed E-state index contributed by atoms with van der Waals surface area (Å²) < 4.78 is 18.7. The number of hydrogen-bond donors (Lipinski definition) is 1. The minimum atomic E-state index is -0.903. The van der Waals surface area contributed by atoms with E-state index < -0.39 is 28.9 Å². The highest BCUT2D eigenvalue weighted by Crippen LogP contribution is 2.43. The van der Waals surface area contributed by atoms with Crippen molar-refractivity contribution in [2.75, 3.05) is 4.90 Å². The number of Topliss-reactive ketones (excluding diaryl/α,β-unsaturated/α-hetero) is 1. The van der Waals surface area contributed by atoms with E-state index in [-0.39, 0.29) is 11.4 Å². The van der Waals surface area contributed by atoms with E-state index in [2.05, 4.69) is 0 Å². The predicted molar refractivity (Wildman–Crippen MR) is 89.5 cm³/mol. The largest absolute Gasteiger partial charge is 0.503 e. The van der Waals surface area contributed by atoms with Crippen molar-refractivity contribution in [3.05, 3.63) is 65.6 Å². The van der Waals surface area contributed by atoms with Crippen molar-refractivity contribution in [1.82, 2.24) is 0 Å². The van der Waals surface area contributed by atoms with Crippen LogP contribution in [-0.2, 0) is 9.59 Å². The van der Waals surface area contributed by atoms with E-state index in [9.17, 15) is 19.1 Å². The van der Waals surface area contributed by atoms with Gasteiger partial charge in [-0.3, -0.25) is 14.5 Å². The second-order valence-corrected chi connectivity index (χ2v) is 6.91. The summed E-state index contributed by atoms with van der Waals surface area (Å²) in [5, 5.41) is 10.4. The third-order valence-corrected chi connectivity index (χ3v) is 4.05. The minimum absolute atomic E-state index is 0.0169. The number of hydrogen-bond acceptors (Lipinski definition) is 4. The van der Waals surface area contributed by atoms with Gasteiger partial charge >= 0.3 is 0 Å². The number of furan rings is 1. The average Bonchev–Trinajstić information content (AvgIpc) is 3.15. The summed E-state index contributed by atoms with van der Waals surface area (Å²) >= 11 is 0. The molecule has 1 aliphatic rings. The predicted octanol–water partition coefficient (Wildman–Crippen LogP) is 3.93. The highest BCUT2D eigenvalue weighted by Gasteiger charge is 2.47. The third-order valence-electron chi connectivity index (χ3n) is 4.05. The maximum atomic E-state index is 13.2. The molecular formula is C19H18FNO4. The Kier molecular flexibility index (Phi) is 3.99. The van der Waals surface area contributed by atoms with E-state index >= 15 is 0 Å². The monoisotopic (exact) mass is 343 g/mol. The first-order valence-corrected chi connectivity index (χ1v) is 7.82. The van der Waals surface area contributed by atoms with Crippen LogP contribution < -0.4 is 4.90 Å². The summed E-state index contributed by atoms with van der Waals surface area (Å²) in [5.74, 6) is -1.79. The van der Waals surface area contributed by atoms with Crippen LogP contribution in [0.2, 0.25) is 0 Å². The molecule has 1 unspecified atom stereocenters. The number of aliphatic hydroxyl groups is 1. The molecule has 6 heteroatoms. The number of benzene rings is 1. The van der Waals surface area contributed by atoms with Crippen LogP contribution in [0.15, 0.2) is 58.4 Å². The number of carbonyl (C=O) groups is 2. The number of halogens is 1. The van der Waals surface area contributed by atoms with Crippen LogP contribution in [-0.4, -0.2) is 16.8 Å². The van der Waals surface area contributed by atoms with Gasteiger partial charge in [-0.2, -0.15) is 0 Å². The van der Waals surface area contributed by atoms with E-state index in [0.717, 1.165) is 0 Å². The Morgan fingerprint density at radius 2 is 1.84 bits per heavy atom. The summed E-state index contributed by atoms with van der Waals surface area (Å²) in [6, 6.07) is 7.62. The topological polar surface area (TPSA) is 70.8 Å². The highest BCUT2D eigenvalue weighted by atomic mass is 19.1. The summed E-state index contributed by atoms with van der Waals surface area (Å²) in [6.45, 7) is 5.12. The molecular weight excluding hydrogens is 325 g/mol. The minimum Gasteiger partial charge on any atom is -0.503 e. The Hall–Kier alpha value is -2.89. The lowest BCUT2D eigenvalue weighted by molar-refractivity contribution is -0.123. The van der Waals surface area contributed by atoms with Crippen LogP contribution in [0.5, 0.6) is 0 Å². The van der Waals surface area contributed by atoms with E-state index in [0.29, 0.717) is 11.4 Å². The highest BCUT2D eigenvalue weighted by molar-refractivity contribution is 6.17. The number of rotatable bonds is 3. The molecule has 1 aliphatic heterocycles. The number of carbonyl (C=O) groups excluding carboxylic acids is 2. The van der Waals surface area contributed by atoms with Crippen molar-refractivity contribution in [1.29, 1.82) is 0 Å². The zero-order valence-electron chi connectivity index (χ0n) is 14.1. The van der Waals surface area contributed by atoms with Gasteiger partial charge in [-0.1, -0.05) is 20.8 Å². The van der Waals surface area contributed by atoms with Crippen LogP contribution in [0, 0.1) is 11.2 Å². The number of aliphatic hydroxyl groups excluding tert-OH is 1. The van der Waals surface area contributed by atoms with Gasteiger partial charge < -0.3 is 9.52 Å². The van der Waals surface area contributed by atoms with E-state index in [1.807, 2.05) is 0 Å². The zero-order valence-corrected chi connectivity index (χ0v) is 14.1. The fraction of sp³-hybridized carbons (Fsp3) is 0.263. The van der Waals surface area contributed by atoms with Crippen molar-refractivity contribution in [2.45, 2.75) is 26.8 Å². The van der Waals surface area contributed by atoms with Gasteiger partial charge in [0.25, 0.3) is 5.91 Å². The molecule has 0 saturated heterocycles. The molecule has 25 heavy (non-hydrogen) atoms. The van der Waals surface area contributed by atoms with E-state index in [1.54, 1.807) is 32.9 Å². The Labute approximate surface area is 144 Å². The molecule has 1 N–H and O–H groups in total. The van der Waals surface area contributed by atoms with Crippen LogP contribution in [0.4, 0.5) is 10.1 Å². The fourth-order valence-corrected chi connectivity index (χ4v) is 2.83. The first-order chi connectivity index (χ1) is 11.7. The summed E-state index contributed by atoms with van der Waals surface area (Å²) in [7, 11) is 0. The van der Waals surface area contributed by atoms with Gasteiger partial charge in [0.2, 0.25) is 0 Å². The van der Waals surface area contributed by atoms with Crippen LogP contribution in [0.1, 0.15) is 32.6 Å². The lowest BCUT2D eigenvalue weighted by Crippen LogP contribution is -2.32. The smallest absolute Gasteiger partial charge is 0.294 e. The van der Waals surface area contributed by atoms with Gasteiger partial charge in [0.05, 0.1) is 11.8 Å². The number of anilines is 1. The van der Waals surface area contributed by atoms with Gasteiger partial charge in [0.15, 0.2) is 11.5 Å². The van der Waals surface area contributed by atoms with E-state index in [1.165, 1.54) is 35.4 Å². The molecule has 1 aromatic carbocycles. The van der Waals surface area contributed by atoms with Gasteiger partial charge in [-0.05, 0) is 36.4 Å². The molecule has 0 aliphatic carbocycles. The zero-order chi connectivity index (χ0) is 18.4.